The van der Waals surface area contributed by atoms with Gasteiger partial charge in [0, 0.05) is 70.6 Å². The number of aliphatic carboxylic acids is 1. The number of urea groups is 1. The molecule has 2 aromatic carbocycles. The summed E-state index contributed by atoms with van der Waals surface area (Å²) in [5.41, 5.74) is 5.87. The van der Waals surface area contributed by atoms with Crippen LogP contribution in [0, 0.1) is 40.8 Å². The van der Waals surface area contributed by atoms with Gasteiger partial charge in [-0.2, -0.15) is 0 Å². The van der Waals surface area contributed by atoms with Crippen LogP contribution in [0.25, 0.3) is 0 Å². The van der Waals surface area contributed by atoms with Crippen LogP contribution in [0.1, 0.15) is 169 Å². The number of hydrogen-bond donors (Lipinski definition) is 8. The monoisotopic (exact) mass is 1510 g/mol. The molecule has 0 aromatic heterocycles. The lowest BCUT2D eigenvalue weighted by Crippen LogP contribution is -2.59. The van der Waals surface area contributed by atoms with Crippen LogP contribution in [0.2, 0.25) is 0 Å². The number of amides is 11. The van der Waals surface area contributed by atoms with E-state index >= 15 is 4.79 Å². The van der Waals surface area contributed by atoms with Crippen LogP contribution < -0.4 is 37.6 Å². The zero-order chi connectivity index (χ0) is 79.0. The fourth-order valence-corrected chi connectivity index (χ4v) is 15.2. The number of anilines is 1. The Morgan fingerprint density at radius 1 is 0.764 bits per heavy atom. The van der Waals surface area contributed by atoms with Crippen molar-refractivity contribution in [3.05, 3.63) is 65.5 Å². The summed E-state index contributed by atoms with van der Waals surface area (Å²) >= 11 is 1.34. The molecule has 0 bridgehead atoms. The van der Waals surface area contributed by atoms with E-state index in [2.05, 4.69) is 31.9 Å². The van der Waals surface area contributed by atoms with Gasteiger partial charge in [-0.15, -0.1) is 11.8 Å². The molecular formula is C75H114FN11O18S. The van der Waals surface area contributed by atoms with Crippen LogP contribution in [0.5, 0.6) is 0 Å². The Hall–Kier alpha value is -8.29. The SMILES string of the molecule is CC[C@H](C)C([C@@H](CC(=O)N1C[C@@H](OC(=O)OCc2ccc(NC(=O)[C@H](CCCNC(N)=O)NC(=O)[C@@H](NC(=O)CCCCCN3C(=O)CC(SCC4(CC(=O)O)CC4)C3=O)C(C)C)cc2)C[C@H]1[C@H](OC)[C@@H](C)C(=O)N[C@@H](C)C(=O)c1ccc(F)cc1)OC)N(C)C(=O)[C@@H](NC(=O)[C@H](C(C)C)N(C)C)C(C)C. The van der Waals surface area contributed by atoms with Crippen molar-refractivity contribution < 1.29 is 90.8 Å². The Balaban J connectivity index is 1.24. The molecule has 31 heteroatoms. The van der Waals surface area contributed by atoms with Gasteiger partial charge < -0.3 is 71.5 Å². The third-order valence-corrected chi connectivity index (χ3v) is 21.7. The standard InChI is InChI=1S/C75H114FN11O18S/c1-16-45(8)64(85(13)72(99)62(43(4)5)83-70(97)63(44(6)7)84(11)12)55(102-14)36-58(89)87-39-52(35-54(87)66(103-15)46(9)67(94)79-47(10)65(93)49-25-27-50(76)28-26-49)105-74(101)104-40-48-23-29-51(30-24-48)80-68(95)53(21-20-33-78-73(77)100)81-69(96)61(42(2)3)82-57(88)22-18-17-19-34-86-59(90)37-56(71(86)98)106-41-75(31-32-75)38-60(91)92/h23-30,42-47,52-56,61-64,66H,16-22,31-41H2,1-15H3,(H,79,94)(H,80,95)(H,81,96)(H,82,88)(H,83,97)(H,91,92)(H3,77,78,100)/t45-,46+,47-,52-,53-,54-,55+,56?,61-,62-,63-,64?,66+/m0/s1. The number of halogens is 1. The van der Waals surface area contributed by atoms with Gasteiger partial charge in [0.05, 0.1) is 66.9 Å². The van der Waals surface area contributed by atoms with E-state index in [1.54, 1.807) is 58.9 Å². The van der Waals surface area contributed by atoms with Crippen LogP contribution in [0.4, 0.5) is 19.7 Å². The van der Waals surface area contributed by atoms with Gasteiger partial charge in [0.1, 0.15) is 36.7 Å². The second-order valence-corrected chi connectivity index (χ2v) is 30.8. The number of carbonyl (C=O) groups is 13. The summed E-state index contributed by atoms with van der Waals surface area (Å²) in [6.45, 7) is 17.6. The van der Waals surface area contributed by atoms with E-state index in [-0.39, 0.29) is 129 Å². The molecule has 13 atom stereocenters. The normalized spacial score (nSPS) is 19.0. The molecule has 2 saturated heterocycles. The van der Waals surface area contributed by atoms with E-state index < -0.39 is 137 Å². The number of likely N-dealkylation sites (N-methyl/N-ethyl adjacent to an activating group) is 2. The molecule has 2 unspecified atom stereocenters. The van der Waals surface area contributed by atoms with Crippen molar-refractivity contribution in [2.24, 2.45) is 40.7 Å². The molecule has 2 aliphatic heterocycles. The number of carboxylic acid groups (broad SMARTS) is 1. The Labute approximate surface area is 626 Å². The van der Waals surface area contributed by atoms with Gasteiger partial charge in [0.15, 0.2) is 5.78 Å². The number of imide groups is 1. The van der Waals surface area contributed by atoms with Crippen molar-refractivity contribution in [3.8, 4) is 0 Å². The highest BCUT2D eigenvalue weighted by molar-refractivity contribution is 8.00. The number of nitrogens with zero attached hydrogens (tertiary/aromatic N) is 4. The minimum absolute atomic E-state index is 0.0331. The zero-order valence-corrected chi connectivity index (χ0v) is 64.9. The summed E-state index contributed by atoms with van der Waals surface area (Å²) in [4.78, 5) is 181. The summed E-state index contributed by atoms with van der Waals surface area (Å²) in [6, 6.07) is 3.93. The van der Waals surface area contributed by atoms with E-state index in [9.17, 15) is 67.0 Å². The minimum Gasteiger partial charge on any atom is -0.481 e. The Bertz CT molecular complexity index is 3350. The van der Waals surface area contributed by atoms with E-state index in [0.717, 1.165) is 25.0 Å². The summed E-state index contributed by atoms with van der Waals surface area (Å²) in [6.07, 6.45) is -0.625. The highest BCUT2D eigenvalue weighted by Crippen LogP contribution is 2.52. The molecule has 5 rings (SSSR count). The lowest BCUT2D eigenvalue weighted by molar-refractivity contribution is -0.148. The Morgan fingerprint density at radius 2 is 1.42 bits per heavy atom. The molecule has 0 radical (unpaired) electrons. The van der Waals surface area contributed by atoms with Crippen LogP contribution in [0.3, 0.4) is 0 Å². The van der Waals surface area contributed by atoms with Crippen molar-refractivity contribution in [2.75, 3.05) is 66.1 Å². The zero-order valence-electron chi connectivity index (χ0n) is 64.1. The van der Waals surface area contributed by atoms with Crippen molar-refractivity contribution in [2.45, 2.75) is 225 Å². The van der Waals surface area contributed by atoms with Crippen LogP contribution in [-0.2, 0) is 73.5 Å². The average molecular weight is 1510 g/mol. The van der Waals surface area contributed by atoms with Crippen molar-refractivity contribution >= 4 is 94.6 Å². The Morgan fingerprint density at radius 3 is 1.98 bits per heavy atom. The lowest BCUT2D eigenvalue weighted by atomic mass is 9.89. The van der Waals surface area contributed by atoms with E-state index in [1.165, 1.54) is 71.9 Å². The maximum absolute atomic E-state index is 15.1. The van der Waals surface area contributed by atoms with Crippen LogP contribution in [0.15, 0.2) is 48.5 Å². The molecular weight excluding hydrogens is 1390 g/mol. The van der Waals surface area contributed by atoms with Gasteiger partial charge in [-0.3, -0.25) is 62.5 Å². The number of primary amides is 1. The molecule has 9 N–H and O–H groups in total. The fourth-order valence-electron chi connectivity index (χ4n) is 13.7. The van der Waals surface area contributed by atoms with Crippen LogP contribution >= 0.6 is 11.8 Å². The molecule has 1 aliphatic carbocycles. The number of hydrogen-bond acceptors (Lipinski definition) is 19. The number of thioether (sulfide) groups is 1. The molecule has 29 nitrogen and oxygen atoms in total. The number of benzene rings is 2. The predicted molar refractivity (Wildman–Crippen MR) is 395 cm³/mol. The third kappa shape index (κ3) is 26.0. The van der Waals surface area contributed by atoms with Gasteiger partial charge in [0.2, 0.25) is 53.2 Å². The second kappa shape index (κ2) is 41.7. The molecule has 11 amide bonds. The molecule has 2 aromatic rings. The molecule has 0 spiro atoms. The van der Waals surface area contributed by atoms with Gasteiger partial charge in [0.25, 0.3) is 0 Å². The molecule has 3 aliphatic rings. The summed E-state index contributed by atoms with van der Waals surface area (Å²) in [7, 11) is 8.01. The minimum atomic E-state index is -1.17. The number of nitrogens with two attached hydrogens (primary N) is 1. The number of Topliss-reactive ketones (excluding diaryl/α,β-unsaturated/α-hetero) is 1. The quantitative estimate of drug-likeness (QED) is 0.0159. The first-order chi connectivity index (χ1) is 50.0. The summed E-state index contributed by atoms with van der Waals surface area (Å²) in [5, 5.41) is 25.2. The van der Waals surface area contributed by atoms with E-state index in [0.29, 0.717) is 37.0 Å². The topological polar surface area (TPSA) is 390 Å². The first-order valence-electron chi connectivity index (χ1n) is 36.7. The lowest BCUT2D eigenvalue weighted by Gasteiger charge is -2.41. The summed E-state index contributed by atoms with van der Waals surface area (Å²) in [5.74, 6) is -7.59. The largest absolute Gasteiger partial charge is 0.508 e. The first kappa shape index (κ1) is 88.3. The highest BCUT2D eigenvalue weighted by atomic mass is 32.2. The number of carbonyl (C=O) groups excluding carboxylic acids is 12. The van der Waals surface area contributed by atoms with E-state index in [4.69, 9.17) is 24.7 Å². The second-order valence-electron chi connectivity index (χ2n) is 29.6. The van der Waals surface area contributed by atoms with Crippen LogP contribution in [-0.4, -0.2) is 228 Å². The molecule has 3 fully saturated rings. The number of methoxy groups -OCH3 is 2. The number of likely N-dealkylation sites (tertiary alicyclic amines) is 2. The van der Waals surface area contributed by atoms with Gasteiger partial charge in [-0.25, -0.2) is 14.0 Å². The van der Waals surface area contributed by atoms with Gasteiger partial charge in [-0.05, 0) is 131 Å². The van der Waals surface area contributed by atoms with Crippen molar-refractivity contribution in [3.63, 3.8) is 0 Å². The number of ether oxygens (including phenoxy) is 4. The van der Waals surface area contributed by atoms with Crippen molar-refractivity contribution in [1.29, 1.82) is 0 Å². The number of carboxylic acids is 1. The third-order valence-electron chi connectivity index (χ3n) is 20.1. The smallest absolute Gasteiger partial charge is 0.481 e. The van der Waals surface area contributed by atoms with Gasteiger partial charge in [-0.1, -0.05) is 87.3 Å². The van der Waals surface area contributed by atoms with Crippen molar-refractivity contribution in [1.82, 2.24) is 46.2 Å². The average Bonchev–Trinajstić information content (AvgIpc) is 1.61. The first-order valence-corrected chi connectivity index (χ1v) is 37.7. The molecule has 2 heterocycles. The fraction of sp³-hybridized carbons (Fsp3) is 0.667. The van der Waals surface area contributed by atoms with Gasteiger partial charge >= 0.3 is 18.2 Å². The highest BCUT2D eigenvalue weighted by Gasteiger charge is 2.49. The number of nitrogens with one attached hydrogen (secondary N) is 6. The van der Waals surface area contributed by atoms with E-state index in [1.807, 2.05) is 41.5 Å². The maximum Gasteiger partial charge on any atom is 0.508 e. The predicted octanol–water partition coefficient (Wildman–Crippen LogP) is 6.18. The number of ketones is 1. The number of rotatable bonds is 44. The molecule has 590 valence electrons. The molecule has 1 saturated carbocycles. The number of unbranched alkanes of at least 4 members (excludes halogenated alkanes) is 2. The maximum atomic E-state index is 15.1. The molecule has 106 heavy (non-hydrogen) atoms. The Kier molecular flexibility index (Phi) is 34.8. The summed E-state index contributed by atoms with van der Waals surface area (Å²) < 4.78 is 37.4.